The highest BCUT2D eigenvalue weighted by Crippen LogP contribution is 2.20. The summed E-state index contributed by atoms with van der Waals surface area (Å²) in [6, 6.07) is 8.18. The molecule has 94 valence electrons. The minimum absolute atomic E-state index is 0.429. The summed E-state index contributed by atoms with van der Waals surface area (Å²) >= 11 is 0. The lowest BCUT2D eigenvalue weighted by Gasteiger charge is -2.20. The molecular weight excluding hydrogens is 226 g/mol. The van der Waals surface area contributed by atoms with Crippen LogP contribution in [0.5, 0.6) is 0 Å². The van der Waals surface area contributed by atoms with E-state index in [4.69, 9.17) is 0 Å². The molecule has 4 nitrogen and oxygen atoms in total. The van der Waals surface area contributed by atoms with Gasteiger partial charge in [-0.1, -0.05) is 0 Å². The Balaban J connectivity index is 2.24. The average molecular weight is 243 g/mol. The van der Waals surface area contributed by atoms with Gasteiger partial charge in [-0.05, 0) is 38.1 Å². The molecule has 0 spiro atoms. The van der Waals surface area contributed by atoms with E-state index in [0.717, 1.165) is 30.8 Å². The Morgan fingerprint density at radius 3 is 2.39 bits per heavy atom. The first kappa shape index (κ1) is 12.4. The monoisotopic (exact) mass is 243 g/mol. The van der Waals surface area contributed by atoms with E-state index >= 15 is 0 Å². The maximum Gasteiger partial charge on any atom is 0.170 e. The first-order chi connectivity index (χ1) is 8.78. The molecule has 1 N–H and O–H groups in total. The summed E-state index contributed by atoms with van der Waals surface area (Å²) in [5.41, 5.74) is 2.61. The Morgan fingerprint density at radius 2 is 1.89 bits per heavy atom. The van der Waals surface area contributed by atoms with E-state index in [1.807, 2.05) is 12.1 Å². The second kappa shape index (κ2) is 5.49. The molecule has 1 aromatic heterocycles. The molecule has 0 aliphatic carbocycles. The highest BCUT2D eigenvalue weighted by molar-refractivity contribution is 5.73. The van der Waals surface area contributed by atoms with Crippen molar-refractivity contribution in [3.05, 3.63) is 36.2 Å². The van der Waals surface area contributed by atoms with E-state index in [-0.39, 0.29) is 0 Å². The summed E-state index contributed by atoms with van der Waals surface area (Å²) in [4.78, 5) is 20.0. The number of anilines is 1. The maximum absolute atomic E-state index is 10.6. The van der Waals surface area contributed by atoms with Gasteiger partial charge in [0.05, 0.1) is 0 Å². The van der Waals surface area contributed by atoms with Crippen LogP contribution in [0.1, 0.15) is 24.3 Å². The van der Waals surface area contributed by atoms with Crippen LogP contribution in [0, 0.1) is 0 Å². The number of imidazole rings is 1. The molecule has 0 atom stereocenters. The van der Waals surface area contributed by atoms with Gasteiger partial charge in [-0.25, -0.2) is 4.98 Å². The van der Waals surface area contributed by atoms with Gasteiger partial charge in [-0.15, -0.1) is 0 Å². The van der Waals surface area contributed by atoms with Gasteiger partial charge in [0.2, 0.25) is 0 Å². The average Bonchev–Trinajstić information content (AvgIpc) is 2.90. The lowest BCUT2D eigenvalue weighted by molar-refractivity contribution is 0.111. The third-order valence-corrected chi connectivity index (χ3v) is 2.99. The predicted molar refractivity (Wildman–Crippen MR) is 73.0 cm³/mol. The molecule has 0 saturated heterocycles. The van der Waals surface area contributed by atoms with Gasteiger partial charge in [0, 0.05) is 30.5 Å². The summed E-state index contributed by atoms with van der Waals surface area (Å²) in [6.45, 7) is 6.26. The van der Waals surface area contributed by atoms with Crippen molar-refractivity contribution in [1.82, 2.24) is 9.97 Å². The topological polar surface area (TPSA) is 49.0 Å². The Morgan fingerprint density at radius 1 is 1.22 bits per heavy atom. The van der Waals surface area contributed by atoms with Crippen LogP contribution in [0.2, 0.25) is 0 Å². The Kier molecular flexibility index (Phi) is 3.77. The van der Waals surface area contributed by atoms with E-state index < -0.39 is 0 Å². The van der Waals surface area contributed by atoms with Gasteiger partial charge >= 0.3 is 0 Å². The molecule has 0 fully saturated rings. The Hall–Kier alpha value is -2.10. The van der Waals surface area contributed by atoms with Crippen LogP contribution in [-0.2, 0) is 0 Å². The van der Waals surface area contributed by atoms with E-state index in [1.54, 1.807) is 6.20 Å². The number of nitrogens with zero attached hydrogens (tertiary/aromatic N) is 2. The molecule has 18 heavy (non-hydrogen) atoms. The zero-order valence-electron chi connectivity index (χ0n) is 10.7. The first-order valence-corrected chi connectivity index (χ1v) is 6.14. The number of hydrogen-bond donors (Lipinski definition) is 1. The molecule has 0 amide bonds. The van der Waals surface area contributed by atoms with Gasteiger partial charge in [-0.3, -0.25) is 4.79 Å². The summed E-state index contributed by atoms with van der Waals surface area (Å²) in [6.07, 6.45) is 2.35. The van der Waals surface area contributed by atoms with Crippen LogP contribution >= 0.6 is 0 Å². The lowest BCUT2D eigenvalue weighted by Crippen LogP contribution is -2.21. The third-order valence-electron chi connectivity index (χ3n) is 2.99. The van der Waals surface area contributed by atoms with Crippen molar-refractivity contribution >= 4 is 12.0 Å². The largest absolute Gasteiger partial charge is 0.372 e. The van der Waals surface area contributed by atoms with Crippen LogP contribution in [0.4, 0.5) is 5.69 Å². The van der Waals surface area contributed by atoms with E-state index in [0.29, 0.717) is 5.69 Å². The zero-order chi connectivity index (χ0) is 13.0. The number of carbonyl (C=O) groups excluding carboxylic acids is 1. The molecular formula is C14H17N3O. The number of aromatic amines is 1. The SMILES string of the molecule is CCN(CC)c1ccc(-c2nc(C=O)c[nH]2)cc1. The number of H-pyrrole nitrogens is 1. The minimum Gasteiger partial charge on any atom is -0.372 e. The summed E-state index contributed by atoms with van der Waals surface area (Å²) in [7, 11) is 0. The van der Waals surface area contributed by atoms with Gasteiger partial charge in [0.15, 0.2) is 6.29 Å². The molecule has 0 aliphatic heterocycles. The van der Waals surface area contributed by atoms with Crippen molar-refractivity contribution in [3.8, 4) is 11.4 Å². The normalized spacial score (nSPS) is 10.3. The van der Waals surface area contributed by atoms with Crippen molar-refractivity contribution in [3.63, 3.8) is 0 Å². The molecule has 0 radical (unpaired) electrons. The quantitative estimate of drug-likeness (QED) is 0.821. The number of benzene rings is 1. The van der Waals surface area contributed by atoms with Crippen molar-refractivity contribution in [1.29, 1.82) is 0 Å². The van der Waals surface area contributed by atoms with Crippen molar-refractivity contribution < 1.29 is 4.79 Å². The van der Waals surface area contributed by atoms with Gasteiger partial charge < -0.3 is 9.88 Å². The van der Waals surface area contributed by atoms with E-state index in [2.05, 4.69) is 40.8 Å². The van der Waals surface area contributed by atoms with Crippen LogP contribution in [0.3, 0.4) is 0 Å². The summed E-state index contributed by atoms with van der Waals surface area (Å²) < 4.78 is 0. The maximum atomic E-state index is 10.6. The fourth-order valence-corrected chi connectivity index (χ4v) is 1.96. The smallest absolute Gasteiger partial charge is 0.170 e. The van der Waals surface area contributed by atoms with Gasteiger partial charge in [0.1, 0.15) is 11.5 Å². The highest BCUT2D eigenvalue weighted by Gasteiger charge is 2.05. The Bertz CT molecular complexity index is 512. The van der Waals surface area contributed by atoms with Crippen LogP contribution < -0.4 is 4.90 Å². The fourth-order valence-electron chi connectivity index (χ4n) is 1.96. The molecule has 4 heteroatoms. The lowest BCUT2D eigenvalue weighted by atomic mass is 10.2. The van der Waals surface area contributed by atoms with Crippen molar-refractivity contribution in [2.24, 2.45) is 0 Å². The van der Waals surface area contributed by atoms with Gasteiger partial charge in [-0.2, -0.15) is 0 Å². The summed E-state index contributed by atoms with van der Waals surface area (Å²) in [5.74, 6) is 0.725. The molecule has 0 unspecified atom stereocenters. The molecule has 2 rings (SSSR count). The standard InChI is InChI=1S/C14H17N3O/c1-3-17(4-2)13-7-5-11(6-8-13)14-15-9-12(10-18)16-14/h5-10H,3-4H2,1-2H3,(H,15,16). The fraction of sp³-hybridized carbons (Fsp3) is 0.286. The number of aromatic nitrogens is 2. The summed E-state index contributed by atoms with van der Waals surface area (Å²) in [5, 5.41) is 0. The molecule has 0 saturated carbocycles. The Labute approximate surface area is 107 Å². The van der Waals surface area contributed by atoms with Crippen LogP contribution in [0.15, 0.2) is 30.5 Å². The molecule has 0 aliphatic rings. The third kappa shape index (κ3) is 2.42. The first-order valence-electron chi connectivity index (χ1n) is 6.14. The number of rotatable bonds is 5. The number of carbonyl (C=O) groups is 1. The minimum atomic E-state index is 0.429. The number of nitrogens with one attached hydrogen (secondary N) is 1. The number of aldehydes is 1. The molecule has 1 heterocycles. The molecule has 1 aromatic carbocycles. The zero-order valence-corrected chi connectivity index (χ0v) is 10.7. The predicted octanol–water partition coefficient (Wildman–Crippen LogP) is 2.74. The molecule has 0 bridgehead atoms. The van der Waals surface area contributed by atoms with Crippen LogP contribution in [-0.4, -0.2) is 29.3 Å². The van der Waals surface area contributed by atoms with Crippen LogP contribution in [0.25, 0.3) is 11.4 Å². The van der Waals surface area contributed by atoms with Crippen molar-refractivity contribution in [2.75, 3.05) is 18.0 Å². The van der Waals surface area contributed by atoms with Crippen molar-refractivity contribution in [2.45, 2.75) is 13.8 Å². The van der Waals surface area contributed by atoms with Gasteiger partial charge in [0.25, 0.3) is 0 Å². The second-order valence-electron chi connectivity index (χ2n) is 4.01. The van der Waals surface area contributed by atoms with E-state index in [1.165, 1.54) is 5.69 Å². The van der Waals surface area contributed by atoms with E-state index in [9.17, 15) is 4.79 Å². The number of hydrogen-bond acceptors (Lipinski definition) is 3. The second-order valence-corrected chi connectivity index (χ2v) is 4.01. The highest BCUT2D eigenvalue weighted by atomic mass is 16.1. The molecule has 2 aromatic rings.